The maximum absolute atomic E-state index is 13.2. The third kappa shape index (κ3) is 5.42. The van der Waals surface area contributed by atoms with Crippen LogP contribution < -0.4 is 10.9 Å². The molecule has 0 aliphatic carbocycles. The van der Waals surface area contributed by atoms with Crippen molar-refractivity contribution in [3.05, 3.63) is 57.5 Å². The molecule has 34 heavy (non-hydrogen) atoms. The fourth-order valence-electron chi connectivity index (χ4n) is 3.76. The Hall–Kier alpha value is -3.31. The molecule has 2 atom stereocenters. The minimum absolute atomic E-state index is 0.0456. The van der Waals surface area contributed by atoms with Crippen LogP contribution in [-0.2, 0) is 16.1 Å². The van der Waals surface area contributed by atoms with Gasteiger partial charge in [-0.3, -0.25) is 19.0 Å². The largest absolute Gasteiger partial charge is 0.501 e. The second kappa shape index (κ2) is 10.7. The van der Waals surface area contributed by atoms with E-state index < -0.39 is 40.8 Å². The van der Waals surface area contributed by atoms with E-state index in [-0.39, 0.29) is 38.0 Å². The summed E-state index contributed by atoms with van der Waals surface area (Å²) in [7, 11) is 5.12. The van der Waals surface area contributed by atoms with Crippen molar-refractivity contribution >= 4 is 11.8 Å². The van der Waals surface area contributed by atoms with E-state index in [0.29, 0.717) is 12.0 Å². The van der Waals surface area contributed by atoms with Gasteiger partial charge in [0.25, 0.3) is 11.5 Å². The number of nitrogens with one attached hydrogen (secondary N) is 1. The van der Waals surface area contributed by atoms with Crippen molar-refractivity contribution < 1.29 is 23.8 Å². The van der Waals surface area contributed by atoms with E-state index in [9.17, 15) is 23.9 Å². The Bertz CT molecular complexity index is 1100. The lowest BCUT2D eigenvalue weighted by Crippen LogP contribution is -2.42. The van der Waals surface area contributed by atoms with Crippen LogP contribution in [0.1, 0.15) is 47.3 Å². The summed E-state index contributed by atoms with van der Waals surface area (Å²) in [6, 6.07) is 4.41. The molecule has 0 saturated carbocycles. The Morgan fingerprint density at radius 1 is 1.24 bits per heavy atom. The predicted molar refractivity (Wildman–Crippen MR) is 122 cm³/mol. The molecule has 0 fully saturated rings. The second-order valence-corrected chi connectivity index (χ2v) is 8.51. The molecule has 0 bridgehead atoms. The fourth-order valence-corrected chi connectivity index (χ4v) is 3.76. The lowest BCUT2D eigenvalue weighted by atomic mass is 10.1. The minimum atomic E-state index is -0.776. The monoisotopic (exact) mass is 475 g/mol. The molecular weight excluding hydrogens is 445 g/mol. The summed E-state index contributed by atoms with van der Waals surface area (Å²) < 4.78 is 20.2. The van der Waals surface area contributed by atoms with Crippen LogP contribution in [0.25, 0.3) is 0 Å². The van der Waals surface area contributed by atoms with E-state index >= 15 is 0 Å². The molecule has 0 spiro atoms. The molecule has 2 N–H and O–H groups in total. The van der Waals surface area contributed by atoms with Crippen molar-refractivity contribution in [1.29, 1.82) is 0 Å². The standard InChI is InChI=1S/C23H30FN5O5/c1-5-16-12-34-13-17(28(4)18(30)11-27(2)3)21-26-19(20(31)23(33)29(16)21)22(32)25-10-14-6-8-15(24)9-7-14/h6-9,16-17,31H,5,10-13H2,1-4H3,(H,25,32)/t16-,17?/m1/s1. The number of hydrogen-bond donors (Lipinski definition) is 2. The van der Waals surface area contributed by atoms with Gasteiger partial charge in [-0.1, -0.05) is 19.1 Å². The van der Waals surface area contributed by atoms with Gasteiger partial charge in [0, 0.05) is 13.6 Å². The highest BCUT2D eigenvalue weighted by Crippen LogP contribution is 2.28. The zero-order valence-electron chi connectivity index (χ0n) is 19.7. The molecule has 2 amide bonds. The van der Waals surface area contributed by atoms with Crippen LogP contribution in [-0.4, -0.2) is 77.2 Å². The highest BCUT2D eigenvalue weighted by atomic mass is 19.1. The van der Waals surface area contributed by atoms with Gasteiger partial charge in [-0.25, -0.2) is 9.37 Å². The number of aromatic hydroxyl groups is 1. The van der Waals surface area contributed by atoms with Crippen molar-refractivity contribution in [1.82, 2.24) is 24.7 Å². The first-order valence-corrected chi connectivity index (χ1v) is 11.0. The number of amides is 2. The molecule has 10 nitrogen and oxygen atoms in total. The molecular formula is C23H30FN5O5. The van der Waals surface area contributed by atoms with Crippen LogP contribution in [0.5, 0.6) is 5.75 Å². The SMILES string of the molecule is CC[C@@H]1COCC(N(C)C(=O)CN(C)C)c2nc(C(=O)NCc3ccc(F)cc3)c(O)c(=O)n21. The van der Waals surface area contributed by atoms with E-state index in [2.05, 4.69) is 10.3 Å². The molecule has 1 aromatic heterocycles. The van der Waals surface area contributed by atoms with Crippen LogP contribution in [0.4, 0.5) is 4.39 Å². The van der Waals surface area contributed by atoms with Gasteiger partial charge in [-0.15, -0.1) is 0 Å². The summed E-state index contributed by atoms with van der Waals surface area (Å²) in [5, 5.41) is 13.2. The third-order valence-electron chi connectivity index (χ3n) is 5.73. The predicted octanol–water partition coefficient (Wildman–Crippen LogP) is 1.06. The number of carbonyl (C=O) groups excluding carboxylic acids is 2. The topological polar surface area (TPSA) is 117 Å². The van der Waals surface area contributed by atoms with Gasteiger partial charge in [0.05, 0.1) is 25.8 Å². The first-order valence-electron chi connectivity index (χ1n) is 11.0. The molecule has 184 valence electrons. The van der Waals surface area contributed by atoms with Gasteiger partial charge in [0.1, 0.15) is 17.7 Å². The Morgan fingerprint density at radius 3 is 2.53 bits per heavy atom. The zero-order chi connectivity index (χ0) is 25.0. The number of ether oxygens (including phenoxy) is 1. The zero-order valence-corrected chi connectivity index (χ0v) is 19.7. The van der Waals surface area contributed by atoms with Crippen LogP contribution in [0, 0.1) is 5.82 Å². The van der Waals surface area contributed by atoms with Gasteiger partial charge in [0.15, 0.2) is 5.69 Å². The first kappa shape index (κ1) is 25.3. The van der Waals surface area contributed by atoms with Gasteiger partial charge in [-0.2, -0.15) is 0 Å². The van der Waals surface area contributed by atoms with Crippen molar-refractivity contribution in [2.75, 3.05) is 40.9 Å². The van der Waals surface area contributed by atoms with Gasteiger partial charge >= 0.3 is 0 Å². The molecule has 0 radical (unpaired) electrons. The normalized spacial score (nSPS) is 17.7. The molecule has 1 unspecified atom stereocenters. The summed E-state index contributed by atoms with van der Waals surface area (Å²) in [6.45, 7) is 2.33. The maximum atomic E-state index is 13.2. The number of likely N-dealkylation sites (N-methyl/N-ethyl adjacent to an activating group) is 2. The second-order valence-electron chi connectivity index (χ2n) is 8.51. The average molecular weight is 476 g/mol. The molecule has 3 rings (SSSR count). The van der Waals surface area contributed by atoms with Crippen molar-refractivity contribution in [2.45, 2.75) is 32.0 Å². The van der Waals surface area contributed by atoms with E-state index in [4.69, 9.17) is 4.74 Å². The fraction of sp³-hybridized carbons (Fsp3) is 0.478. The lowest BCUT2D eigenvalue weighted by molar-refractivity contribution is -0.134. The first-order chi connectivity index (χ1) is 16.1. The Balaban J connectivity index is 2.00. The summed E-state index contributed by atoms with van der Waals surface area (Å²) in [5.41, 5.74) is -0.576. The number of halogens is 1. The maximum Gasteiger partial charge on any atom is 0.296 e. The number of rotatable bonds is 7. The summed E-state index contributed by atoms with van der Waals surface area (Å²) in [5.74, 6) is -1.98. The minimum Gasteiger partial charge on any atom is -0.501 e. The molecule has 0 saturated heterocycles. The van der Waals surface area contributed by atoms with Crippen molar-refractivity contribution in [2.24, 2.45) is 0 Å². The number of nitrogens with zero attached hydrogens (tertiary/aromatic N) is 4. The van der Waals surface area contributed by atoms with Crippen LogP contribution in [0.2, 0.25) is 0 Å². The summed E-state index contributed by atoms with van der Waals surface area (Å²) in [6.07, 6.45) is 0.520. The number of hydrogen-bond acceptors (Lipinski definition) is 7. The Morgan fingerprint density at radius 2 is 1.91 bits per heavy atom. The van der Waals surface area contributed by atoms with Gasteiger partial charge < -0.3 is 25.0 Å². The van der Waals surface area contributed by atoms with Crippen molar-refractivity contribution in [3.8, 4) is 5.75 Å². The number of benzene rings is 1. The highest BCUT2D eigenvalue weighted by molar-refractivity contribution is 5.94. The van der Waals surface area contributed by atoms with Crippen molar-refractivity contribution in [3.63, 3.8) is 0 Å². The van der Waals surface area contributed by atoms with Crippen LogP contribution in [0.3, 0.4) is 0 Å². The van der Waals surface area contributed by atoms with Crippen LogP contribution in [0.15, 0.2) is 29.1 Å². The average Bonchev–Trinajstić information content (AvgIpc) is 2.99. The molecule has 2 aromatic rings. The smallest absolute Gasteiger partial charge is 0.296 e. The van der Waals surface area contributed by atoms with Gasteiger partial charge in [-0.05, 0) is 38.2 Å². The quantitative estimate of drug-likeness (QED) is 0.615. The molecule has 1 aliphatic rings. The molecule has 1 aliphatic heterocycles. The van der Waals surface area contributed by atoms with Crippen LogP contribution >= 0.6 is 0 Å². The Kier molecular flexibility index (Phi) is 8.00. The van der Waals surface area contributed by atoms with E-state index in [0.717, 1.165) is 0 Å². The number of aromatic nitrogens is 2. The third-order valence-corrected chi connectivity index (χ3v) is 5.73. The highest BCUT2D eigenvalue weighted by Gasteiger charge is 2.34. The van der Waals surface area contributed by atoms with E-state index in [1.165, 1.54) is 33.7 Å². The molecule has 1 aromatic carbocycles. The van der Waals surface area contributed by atoms with Gasteiger partial charge in [0.2, 0.25) is 11.7 Å². The summed E-state index contributed by atoms with van der Waals surface area (Å²) in [4.78, 5) is 46.3. The van der Waals surface area contributed by atoms with E-state index in [1.807, 2.05) is 6.92 Å². The number of carbonyl (C=O) groups is 2. The van der Waals surface area contributed by atoms with E-state index in [1.54, 1.807) is 26.0 Å². The molecule has 11 heteroatoms. The lowest BCUT2D eigenvalue weighted by Gasteiger charge is -2.29. The summed E-state index contributed by atoms with van der Waals surface area (Å²) >= 11 is 0. The number of fused-ring (bicyclic) bond motifs is 1. The molecule has 2 heterocycles. The Labute approximate surface area is 197 Å².